The van der Waals surface area contributed by atoms with Crippen molar-refractivity contribution in [3.8, 4) is 35.5 Å². The van der Waals surface area contributed by atoms with E-state index in [1.165, 1.54) is 0 Å². The first-order valence-corrected chi connectivity index (χ1v) is 8.57. The van der Waals surface area contributed by atoms with E-state index >= 15 is 0 Å². The number of rotatable bonds is 0. The summed E-state index contributed by atoms with van der Waals surface area (Å²) in [5.74, 6) is 19.1. The highest BCUT2D eigenvalue weighted by Crippen LogP contribution is 2.16. The molecule has 4 rings (SSSR count). The second-order valence-electron chi connectivity index (χ2n) is 6.14. The second kappa shape index (κ2) is 8.24. The van der Waals surface area contributed by atoms with Gasteiger partial charge in [-0.2, -0.15) is 0 Å². The second-order valence-corrected chi connectivity index (χ2v) is 6.14. The van der Waals surface area contributed by atoms with Crippen LogP contribution in [-0.2, 0) is 18.9 Å². The van der Waals surface area contributed by atoms with Gasteiger partial charge in [0.2, 0.25) is 0 Å². The fourth-order valence-corrected chi connectivity index (χ4v) is 2.72. The van der Waals surface area contributed by atoms with Crippen LogP contribution in [0.1, 0.15) is 0 Å². The molecule has 0 aliphatic carbocycles. The molecule has 0 bridgehead atoms. The maximum absolute atomic E-state index is 5.52. The highest BCUT2D eigenvalue weighted by atomic mass is 16.5. The molecule has 0 amide bonds. The Balaban J connectivity index is 1.53. The molecule has 0 aromatic heterocycles. The van der Waals surface area contributed by atoms with Gasteiger partial charge < -0.3 is 18.9 Å². The van der Waals surface area contributed by atoms with E-state index in [1.807, 2.05) is 12.2 Å². The molecule has 0 saturated heterocycles. The molecule has 0 aromatic carbocycles. The third-order valence-corrected chi connectivity index (χ3v) is 4.24. The molecule has 0 N–H and O–H groups in total. The third-order valence-electron chi connectivity index (χ3n) is 4.24. The normalized spacial score (nSPS) is 21.5. The molecule has 0 saturated carbocycles. The van der Waals surface area contributed by atoms with Crippen molar-refractivity contribution in [2.45, 2.75) is 0 Å². The average Bonchev–Trinajstić information content (AvgIpc) is 3.46. The van der Waals surface area contributed by atoms with Crippen molar-refractivity contribution >= 4 is 0 Å². The van der Waals surface area contributed by atoms with Crippen LogP contribution in [0.3, 0.4) is 0 Å². The van der Waals surface area contributed by atoms with Crippen LogP contribution >= 0.6 is 0 Å². The van der Waals surface area contributed by atoms with Gasteiger partial charge in [0.25, 0.3) is 0 Å². The molecule has 130 valence electrons. The topological polar surface area (TPSA) is 36.9 Å². The summed E-state index contributed by atoms with van der Waals surface area (Å²) in [4.78, 5) is 0. The number of hydrogen-bond acceptors (Lipinski definition) is 4. The lowest BCUT2D eigenvalue weighted by Gasteiger charge is -1.91. The molecule has 4 heterocycles. The van der Waals surface area contributed by atoms with Crippen molar-refractivity contribution in [3.63, 3.8) is 0 Å². The van der Waals surface area contributed by atoms with E-state index in [0.717, 1.165) is 33.4 Å². The summed E-state index contributed by atoms with van der Waals surface area (Å²) < 4.78 is 21.6. The van der Waals surface area contributed by atoms with Crippen LogP contribution in [0.15, 0.2) is 45.6 Å². The molecule has 0 radical (unpaired) electrons. The van der Waals surface area contributed by atoms with Gasteiger partial charge in [0.15, 0.2) is 0 Å². The average molecular weight is 346 g/mol. The molecular weight excluding hydrogens is 328 g/mol. The third kappa shape index (κ3) is 4.17. The molecular formula is C22H18O4. The highest BCUT2D eigenvalue weighted by Gasteiger charge is 2.14. The van der Waals surface area contributed by atoms with E-state index in [0.29, 0.717) is 52.9 Å². The SMILES string of the molecule is C(#CC1=C(C#CC2=C(C#CC3=CCOC3)COC2)COC1)C1=CCOC1. The van der Waals surface area contributed by atoms with Gasteiger partial charge in [-0.3, -0.25) is 0 Å². The fraction of sp³-hybridized carbons (Fsp3) is 0.364. The summed E-state index contributed by atoms with van der Waals surface area (Å²) in [6, 6.07) is 0. The lowest BCUT2D eigenvalue weighted by atomic mass is 10.1. The van der Waals surface area contributed by atoms with Crippen molar-refractivity contribution in [1.29, 1.82) is 0 Å². The van der Waals surface area contributed by atoms with Crippen LogP contribution in [-0.4, -0.2) is 52.9 Å². The largest absolute Gasteiger partial charge is 0.372 e. The minimum absolute atomic E-state index is 0.506. The monoisotopic (exact) mass is 346 g/mol. The minimum atomic E-state index is 0.506. The fourth-order valence-electron chi connectivity index (χ4n) is 2.72. The zero-order valence-corrected chi connectivity index (χ0v) is 14.4. The lowest BCUT2D eigenvalue weighted by molar-refractivity contribution is 0.207. The summed E-state index contributed by atoms with van der Waals surface area (Å²) in [6.07, 6.45) is 4.01. The van der Waals surface area contributed by atoms with Crippen LogP contribution in [0.25, 0.3) is 0 Å². The minimum Gasteiger partial charge on any atom is -0.372 e. The van der Waals surface area contributed by atoms with Crippen LogP contribution < -0.4 is 0 Å². The summed E-state index contributed by atoms with van der Waals surface area (Å²) in [6.45, 7) is 4.52. The van der Waals surface area contributed by atoms with E-state index in [4.69, 9.17) is 18.9 Å². The lowest BCUT2D eigenvalue weighted by Crippen LogP contribution is -1.88. The summed E-state index contributed by atoms with van der Waals surface area (Å²) in [5, 5.41) is 0. The van der Waals surface area contributed by atoms with E-state index < -0.39 is 0 Å². The van der Waals surface area contributed by atoms with Crippen LogP contribution in [0, 0.1) is 35.5 Å². The van der Waals surface area contributed by atoms with E-state index in [9.17, 15) is 0 Å². The quantitative estimate of drug-likeness (QED) is 0.624. The summed E-state index contributed by atoms with van der Waals surface area (Å²) >= 11 is 0. The first-order valence-electron chi connectivity index (χ1n) is 8.57. The Morgan fingerprint density at radius 2 is 0.846 bits per heavy atom. The van der Waals surface area contributed by atoms with Gasteiger partial charge in [0.1, 0.15) is 0 Å². The van der Waals surface area contributed by atoms with Crippen molar-refractivity contribution in [3.05, 3.63) is 45.6 Å². The first-order chi connectivity index (χ1) is 12.9. The van der Waals surface area contributed by atoms with E-state index in [2.05, 4.69) is 35.5 Å². The zero-order valence-electron chi connectivity index (χ0n) is 14.4. The standard InChI is InChI=1S/C22H18O4/c1(17-7-9-23-11-17)3-19-13-25-15-21(19)5-6-22-16-26-14-20(22)4-2-18-8-10-24-12-18/h7-8H,9-16H2. The first kappa shape index (κ1) is 16.9. The van der Waals surface area contributed by atoms with E-state index in [-0.39, 0.29) is 0 Å². The van der Waals surface area contributed by atoms with Crippen molar-refractivity contribution in [2.75, 3.05) is 52.9 Å². The van der Waals surface area contributed by atoms with Crippen LogP contribution in [0.4, 0.5) is 0 Å². The summed E-state index contributed by atoms with van der Waals surface area (Å²) in [5.41, 5.74) is 5.82. The zero-order chi connectivity index (χ0) is 17.6. The van der Waals surface area contributed by atoms with Crippen LogP contribution in [0.2, 0.25) is 0 Å². The predicted octanol–water partition coefficient (Wildman–Crippen LogP) is 1.56. The van der Waals surface area contributed by atoms with Gasteiger partial charge in [-0.15, -0.1) is 0 Å². The Morgan fingerprint density at radius 1 is 0.462 bits per heavy atom. The smallest absolute Gasteiger partial charge is 0.0810 e. The molecule has 0 unspecified atom stereocenters. The molecule has 4 aliphatic heterocycles. The Kier molecular flexibility index (Phi) is 5.36. The van der Waals surface area contributed by atoms with E-state index in [1.54, 1.807) is 0 Å². The van der Waals surface area contributed by atoms with Crippen molar-refractivity contribution in [1.82, 2.24) is 0 Å². The number of hydrogen-bond donors (Lipinski definition) is 0. The van der Waals surface area contributed by atoms with Crippen molar-refractivity contribution in [2.24, 2.45) is 0 Å². The molecule has 0 fully saturated rings. The molecule has 26 heavy (non-hydrogen) atoms. The van der Waals surface area contributed by atoms with Crippen LogP contribution in [0.5, 0.6) is 0 Å². The molecule has 0 aromatic rings. The highest BCUT2D eigenvalue weighted by molar-refractivity contribution is 5.54. The van der Waals surface area contributed by atoms with Gasteiger partial charge in [-0.25, -0.2) is 0 Å². The summed E-state index contributed by atoms with van der Waals surface area (Å²) in [7, 11) is 0. The van der Waals surface area contributed by atoms with Gasteiger partial charge in [0.05, 0.1) is 52.9 Å². The van der Waals surface area contributed by atoms with Gasteiger partial charge >= 0.3 is 0 Å². The molecule has 4 heteroatoms. The number of ether oxygens (including phenoxy) is 4. The molecule has 4 aliphatic rings. The predicted molar refractivity (Wildman–Crippen MR) is 96.8 cm³/mol. The Morgan fingerprint density at radius 3 is 1.19 bits per heavy atom. The molecule has 4 nitrogen and oxygen atoms in total. The molecule has 0 spiro atoms. The Hall–Kier alpha value is -2.52. The Labute approximate surface area is 153 Å². The maximum Gasteiger partial charge on any atom is 0.0810 e. The maximum atomic E-state index is 5.52. The van der Waals surface area contributed by atoms with Gasteiger partial charge in [0, 0.05) is 33.4 Å². The Bertz CT molecular complexity index is 836. The van der Waals surface area contributed by atoms with Gasteiger partial charge in [-0.05, 0) is 12.2 Å². The molecule has 0 atom stereocenters. The van der Waals surface area contributed by atoms with Gasteiger partial charge in [-0.1, -0.05) is 35.5 Å². The van der Waals surface area contributed by atoms with Crippen molar-refractivity contribution < 1.29 is 18.9 Å².